The largest absolute Gasteiger partial charge is 0.496 e. The number of rotatable bonds is 5. The second-order valence-electron chi connectivity index (χ2n) is 6.83. The van der Waals surface area contributed by atoms with Gasteiger partial charge in [-0.05, 0) is 23.3 Å². The molecule has 29 heavy (non-hydrogen) atoms. The van der Waals surface area contributed by atoms with Gasteiger partial charge in [0.05, 0.1) is 26.0 Å². The number of aliphatic hydroxyl groups excluding tert-OH is 1. The van der Waals surface area contributed by atoms with E-state index in [4.69, 9.17) is 9.72 Å². The van der Waals surface area contributed by atoms with E-state index in [9.17, 15) is 5.11 Å². The summed E-state index contributed by atoms with van der Waals surface area (Å²) in [6, 6.07) is 11.8. The zero-order valence-electron chi connectivity index (χ0n) is 15.8. The number of aromatic nitrogens is 3. The molecular formula is C22H19N5O2. The van der Waals surface area contributed by atoms with Gasteiger partial charge in [-0.15, -0.1) is 0 Å². The highest BCUT2D eigenvalue weighted by Gasteiger charge is 2.13. The fourth-order valence-corrected chi connectivity index (χ4v) is 3.51. The third-order valence-corrected chi connectivity index (χ3v) is 5.02. The van der Waals surface area contributed by atoms with Gasteiger partial charge in [-0.25, -0.2) is 9.97 Å². The van der Waals surface area contributed by atoms with Gasteiger partial charge in [-0.1, -0.05) is 18.2 Å². The zero-order chi connectivity index (χ0) is 19.8. The first kappa shape index (κ1) is 17.4. The molecule has 1 aliphatic rings. The molecule has 0 atom stereocenters. The van der Waals surface area contributed by atoms with Crippen LogP contribution in [0, 0.1) is 0 Å². The van der Waals surface area contributed by atoms with Crippen molar-refractivity contribution in [3.63, 3.8) is 0 Å². The van der Waals surface area contributed by atoms with E-state index in [-0.39, 0.29) is 6.61 Å². The summed E-state index contributed by atoms with van der Waals surface area (Å²) >= 11 is 0. The first-order valence-electron chi connectivity index (χ1n) is 9.27. The maximum Gasteiger partial charge on any atom is 0.180 e. The van der Waals surface area contributed by atoms with Gasteiger partial charge in [0.15, 0.2) is 11.5 Å². The fraction of sp³-hybridized carbons (Fsp3) is 0.136. The summed E-state index contributed by atoms with van der Waals surface area (Å²) in [5.74, 6) is 1.26. The van der Waals surface area contributed by atoms with Gasteiger partial charge >= 0.3 is 0 Å². The second kappa shape index (κ2) is 7.03. The van der Waals surface area contributed by atoms with Gasteiger partial charge in [0, 0.05) is 47.7 Å². The van der Waals surface area contributed by atoms with Gasteiger partial charge in [0.25, 0.3) is 0 Å². The van der Waals surface area contributed by atoms with E-state index < -0.39 is 0 Å². The fourth-order valence-electron chi connectivity index (χ4n) is 3.51. The van der Waals surface area contributed by atoms with Crippen LogP contribution in [0.2, 0.25) is 0 Å². The van der Waals surface area contributed by atoms with E-state index in [0.29, 0.717) is 18.1 Å². The first-order valence-corrected chi connectivity index (χ1v) is 9.27. The van der Waals surface area contributed by atoms with Crippen molar-refractivity contribution in [1.29, 1.82) is 0 Å². The number of benzene rings is 2. The Bertz CT molecular complexity index is 1250. The van der Waals surface area contributed by atoms with Crippen LogP contribution in [0.1, 0.15) is 16.7 Å². The van der Waals surface area contributed by atoms with Crippen LogP contribution in [-0.2, 0) is 13.2 Å². The molecule has 144 valence electrons. The van der Waals surface area contributed by atoms with Gasteiger partial charge < -0.3 is 19.6 Å². The molecule has 4 aromatic rings. The van der Waals surface area contributed by atoms with Gasteiger partial charge in [0.1, 0.15) is 5.75 Å². The minimum atomic E-state index is -0.0796. The van der Waals surface area contributed by atoms with E-state index in [2.05, 4.69) is 33.5 Å². The summed E-state index contributed by atoms with van der Waals surface area (Å²) in [4.78, 5) is 13.6. The standard InChI is InChI=1S/C22H19N5O2/c1-29-20-9-18(5-4-16(20)13-28)25-21-22-24-6-7-27(22)12-19(26-21)14-2-3-15-10-23-11-17(15)8-14/h2-10,12,28H,11,13H2,1H3,(H,25,26). The molecule has 0 radical (unpaired) electrons. The van der Waals surface area contributed by atoms with Crippen molar-refractivity contribution < 1.29 is 9.84 Å². The molecule has 2 aromatic heterocycles. The molecule has 0 aliphatic carbocycles. The van der Waals surface area contributed by atoms with Crippen LogP contribution in [0.3, 0.4) is 0 Å². The van der Waals surface area contributed by atoms with Gasteiger partial charge in [-0.3, -0.25) is 4.99 Å². The van der Waals surface area contributed by atoms with E-state index in [0.717, 1.165) is 33.7 Å². The van der Waals surface area contributed by atoms with Crippen LogP contribution in [0.4, 0.5) is 11.5 Å². The maximum absolute atomic E-state index is 9.44. The van der Waals surface area contributed by atoms with Crippen LogP contribution in [0.5, 0.6) is 5.75 Å². The predicted molar refractivity (Wildman–Crippen MR) is 112 cm³/mol. The minimum Gasteiger partial charge on any atom is -0.496 e. The van der Waals surface area contributed by atoms with Crippen LogP contribution in [0.15, 0.2) is 60.0 Å². The molecule has 0 saturated heterocycles. The molecule has 1 aliphatic heterocycles. The number of fused-ring (bicyclic) bond motifs is 2. The normalized spacial score (nSPS) is 12.3. The van der Waals surface area contributed by atoms with Crippen LogP contribution in [0.25, 0.3) is 16.9 Å². The van der Waals surface area contributed by atoms with Crippen LogP contribution < -0.4 is 10.1 Å². The summed E-state index contributed by atoms with van der Waals surface area (Å²) < 4.78 is 7.32. The van der Waals surface area contributed by atoms with Crippen molar-refractivity contribution in [1.82, 2.24) is 14.4 Å². The highest BCUT2D eigenvalue weighted by molar-refractivity contribution is 5.86. The summed E-state index contributed by atoms with van der Waals surface area (Å²) in [6.45, 7) is 0.627. The Balaban J connectivity index is 1.56. The van der Waals surface area contributed by atoms with E-state index >= 15 is 0 Å². The van der Waals surface area contributed by atoms with Crippen molar-refractivity contribution in [2.24, 2.45) is 4.99 Å². The molecule has 5 rings (SSSR count). The van der Waals surface area contributed by atoms with Gasteiger partial charge in [0.2, 0.25) is 0 Å². The number of ether oxygens (including phenoxy) is 1. The van der Waals surface area contributed by atoms with E-state index in [1.165, 1.54) is 5.56 Å². The lowest BCUT2D eigenvalue weighted by molar-refractivity contribution is 0.274. The molecular weight excluding hydrogens is 366 g/mol. The molecule has 2 aromatic carbocycles. The third-order valence-electron chi connectivity index (χ3n) is 5.02. The Labute approximate surface area is 167 Å². The number of nitrogens with zero attached hydrogens (tertiary/aromatic N) is 4. The van der Waals surface area contributed by atoms with E-state index in [1.807, 2.05) is 41.2 Å². The molecule has 0 amide bonds. The topological polar surface area (TPSA) is 84.0 Å². The summed E-state index contributed by atoms with van der Waals surface area (Å²) in [5.41, 5.74) is 6.49. The van der Waals surface area contributed by atoms with Crippen LogP contribution >= 0.6 is 0 Å². The summed E-state index contributed by atoms with van der Waals surface area (Å²) in [6.07, 6.45) is 7.53. The average Bonchev–Trinajstić information content (AvgIpc) is 3.42. The van der Waals surface area contributed by atoms with Crippen LogP contribution in [-0.4, -0.2) is 32.8 Å². The maximum atomic E-state index is 9.44. The number of nitrogens with one attached hydrogen (secondary N) is 1. The molecule has 2 N–H and O–H groups in total. The van der Waals surface area contributed by atoms with Gasteiger partial charge in [-0.2, -0.15) is 0 Å². The van der Waals surface area contributed by atoms with Crippen molar-refractivity contribution in [2.75, 3.05) is 12.4 Å². The number of aliphatic hydroxyl groups is 1. The smallest absolute Gasteiger partial charge is 0.180 e. The zero-order valence-corrected chi connectivity index (χ0v) is 15.8. The highest BCUT2D eigenvalue weighted by atomic mass is 16.5. The molecule has 3 heterocycles. The molecule has 7 heteroatoms. The molecule has 0 spiro atoms. The Morgan fingerprint density at radius 1 is 1.21 bits per heavy atom. The van der Waals surface area contributed by atoms with Crippen molar-refractivity contribution in [2.45, 2.75) is 13.2 Å². The lowest BCUT2D eigenvalue weighted by Gasteiger charge is -2.13. The highest BCUT2D eigenvalue weighted by Crippen LogP contribution is 2.29. The number of hydrogen-bond donors (Lipinski definition) is 2. The third kappa shape index (κ3) is 3.11. The monoisotopic (exact) mass is 385 g/mol. The van der Waals surface area contributed by atoms with E-state index in [1.54, 1.807) is 13.3 Å². The first-order chi connectivity index (χ1) is 14.2. The quantitative estimate of drug-likeness (QED) is 0.549. The molecule has 0 fully saturated rings. The predicted octanol–water partition coefficient (Wildman–Crippen LogP) is 3.57. The lowest BCUT2D eigenvalue weighted by atomic mass is 10.0. The van der Waals surface area contributed by atoms with Crippen molar-refractivity contribution in [3.05, 3.63) is 71.7 Å². The Kier molecular flexibility index (Phi) is 4.22. The SMILES string of the molecule is COc1cc(Nc2nc(-c3ccc4c(c3)CN=C4)cn3ccnc23)ccc1CO. The lowest BCUT2D eigenvalue weighted by Crippen LogP contribution is -2.01. The average molecular weight is 385 g/mol. The number of methoxy groups -OCH3 is 1. The summed E-state index contributed by atoms with van der Waals surface area (Å²) in [5, 5.41) is 12.8. The number of anilines is 2. The Morgan fingerprint density at radius 2 is 2.14 bits per heavy atom. The Hall–Kier alpha value is -3.71. The summed E-state index contributed by atoms with van der Waals surface area (Å²) in [7, 11) is 1.58. The number of hydrogen-bond acceptors (Lipinski definition) is 6. The number of imidazole rings is 1. The molecule has 7 nitrogen and oxygen atoms in total. The molecule has 0 unspecified atom stereocenters. The minimum absolute atomic E-state index is 0.0796. The molecule has 0 bridgehead atoms. The van der Waals surface area contributed by atoms with Crippen molar-refractivity contribution in [3.8, 4) is 17.0 Å². The molecule has 0 saturated carbocycles. The van der Waals surface area contributed by atoms with Crippen molar-refractivity contribution >= 4 is 23.4 Å². The number of aliphatic imine (C=N–C) groups is 1. The second-order valence-corrected chi connectivity index (χ2v) is 6.83. The Morgan fingerprint density at radius 3 is 3.00 bits per heavy atom.